The van der Waals surface area contributed by atoms with Gasteiger partial charge in [-0.2, -0.15) is 0 Å². The van der Waals surface area contributed by atoms with Crippen molar-refractivity contribution in [3.8, 4) is 22.4 Å². The smallest absolute Gasteiger partial charge is 0.181 e. The van der Waals surface area contributed by atoms with Gasteiger partial charge in [-0.1, -0.05) is 119 Å². The second-order valence-electron chi connectivity index (χ2n) is 8.54. The van der Waals surface area contributed by atoms with Crippen LogP contribution in [0.15, 0.2) is 148 Å². The van der Waals surface area contributed by atoms with Gasteiger partial charge in [-0.05, 0) is 35.4 Å². The minimum atomic E-state index is 0.684. The maximum atomic E-state index is 5.10. The van der Waals surface area contributed by atoms with E-state index in [9.17, 15) is 0 Å². The lowest BCUT2D eigenvalue weighted by atomic mass is 10.0. The third-order valence-corrected chi connectivity index (χ3v) is 6.68. The SMILES string of the molecule is Brc1ccc(C2=CC(c3ccccc3)=N/C2=N\n2cc(-c3ccccc3)cc2-c2ccccc2)cc1. The van der Waals surface area contributed by atoms with E-state index in [4.69, 9.17) is 10.1 Å². The van der Waals surface area contributed by atoms with Crippen LogP contribution in [-0.2, 0) is 0 Å². The monoisotopic (exact) mass is 527 g/mol. The summed E-state index contributed by atoms with van der Waals surface area (Å²) in [5, 5.41) is 5.10. The van der Waals surface area contributed by atoms with Crippen LogP contribution in [0.2, 0.25) is 0 Å². The molecular weight excluding hydrogens is 506 g/mol. The summed E-state index contributed by atoms with van der Waals surface area (Å²) in [4.78, 5) is 4.99. The Morgan fingerprint density at radius 2 is 1.17 bits per heavy atom. The molecule has 0 unspecified atom stereocenters. The maximum absolute atomic E-state index is 5.10. The van der Waals surface area contributed by atoms with E-state index in [1.165, 1.54) is 0 Å². The number of benzene rings is 4. The molecule has 4 aromatic carbocycles. The summed E-state index contributed by atoms with van der Waals surface area (Å²) in [7, 11) is 0. The Bertz CT molecular complexity index is 1600. The van der Waals surface area contributed by atoms with E-state index in [1.807, 2.05) is 47.1 Å². The second kappa shape index (κ2) is 9.76. The van der Waals surface area contributed by atoms with Crippen molar-refractivity contribution in [1.29, 1.82) is 0 Å². The lowest BCUT2D eigenvalue weighted by Gasteiger charge is -2.07. The van der Waals surface area contributed by atoms with Gasteiger partial charge >= 0.3 is 0 Å². The van der Waals surface area contributed by atoms with Crippen LogP contribution in [0.5, 0.6) is 0 Å². The van der Waals surface area contributed by atoms with Gasteiger partial charge in [0.05, 0.1) is 11.4 Å². The number of allylic oxidation sites excluding steroid dienone is 1. The maximum Gasteiger partial charge on any atom is 0.181 e. The minimum absolute atomic E-state index is 0.684. The first kappa shape index (κ1) is 22.2. The molecule has 0 radical (unpaired) electrons. The fraction of sp³-hybridized carbons (Fsp3) is 0. The summed E-state index contributed by atoms with van der Waals surface area (Å²) in [5.41, 5.74) is 8.42. The Kier molecular flexibility index (Phi) is 6.02. The molecule has 6 rings (SSSR count). The molecular formula is C32H22BrN3. The van der Waals surface area contributed by atoms with Gasteiger partial charge in [0, 0.05) is 32.9 Å². The van der Waals surface area contributed by atoms with E-state index in [2.05, 4.69) is 107 Å². The highest BCUT2D eigenvalue weighted by Gasteiger charge is 2.20. The minimum Gasteiger partial charge on any atom is -0.238 e. The molecule has 1 aliphatic heterocycles. The molecule has 0 amide bonds. The van der Waals surface area contributed by atoms with Crippen LogP contribution < -0.4 is 0 Å². The summed E-state index contributed by atoms with van der Waals surface area (Å²) in [6.07, 6.45) is 4.21. The summed E-state index contributed by atoms with van der Waals surface area (Å²) >= 11 is 3.55. The third-order valence-electron chi connectivity index (χ3n) is 6.15. The lowest BCUT2D eigenvalue weighted by molar-refractivity contribution is 0.897. The third kappa shape index (κ3) is 4.51. The van der Waals surface area contributed by atoms with Crippen LogP contribution in [0.1, 0.15) is 11.1 Å². The highest BCUT2D eigenvalue weighted by atomic mass is 79.9. The van der Waals surface area contributed by atoms with Crippen LogP contribution in [0.3, 0.4) is 0 Å². The molecule has 0 saturated heterocycles. The standard InChI is InChI=1S/C32H22BrN3/c33-28-18-16-24(17-19-28)29-21-30(25-12-6-2-7-13-25)34-32(29)35-36-22-27(23-10-4-1-5-11-23)20-31(36)26-14-8-3-9-15-26/h1-22H/b35-32-. The lowest BCUT2D eigenvalue weighted by Crippen LogP contribution is -2.01. The van der Waals surface area contributed by atoms with E-state index in [1.54, 1.807) is 0 Å². The predicted octanol–water partition coefficient (Wildman–Crippen LogP) is 8.33. The van der Waals surface area contributed by atoms with Crippen molar-refractivity contribution in [2.24, 2.45) is 10.1 Å². The Labute approximate surface area is 218 Å². The molecule has 0 atom stereocenters. The van der Waals surface area contributed by atoms with Gasteiger partial charge in [-0.15, -0.1) is 5.10 Å². The molecule has 36 heavy (non-hydrogen) atoms. The fourth-order valence-electron chi connectivity index (χ4n) is 4.33. The van der Waals surface area contributed by atoms with Crippen LogP contribution in [0.25, 0.3) is 28.0 Å². The molecule has 0 N–H and O–H groups in total. The zero-order chi connectivity index (χ0) is 24.3. The number of hydrogen-bond acceptors (Lipinski definition) is 1. The van der Waals surface area contributed by atoms with Crippen molar-refractivity contribution in [3.63, 3.8) is 0 Å². The van der Waals surface area contributed by atoms with Crippen molar-refractivity contribution in [2.75, 3.05) is 0 Å². The molecule has 1 aromatic heterocycles. The Morgan fingerprint density at radius 1 is 0.583 bits per heavy atom. The van der Waals surface area contributed by atoms with Gasteiger partial charge in [-0.3, -0.25) is 0 Å². The number of aromatic nitrogens is 1. The van der Waals surface area contributed by atoms with Gasteiger partial charge in [0.15, 0.2) is 5.84 Å². The highest BCUT2D eigenvalue weighted by molar-refractivity contribution is 9.10. The highest BCUT2D eigenvalue weighted by Crippen LogP contribution is 2.31. The average Bonchev–Trinajstić information content (AvgIpc) is 3.56. The molecule has 0 saturated carbocycles. The van der Waals surface area contributed by atoms with Crippen molar-refractivity contribution >= 4 is 33.1 Å². The van der Waals surface area contributed by atoms with E-state index >= 15 is 0 Å². The number of aliphatic imine (C=N–C) groups is 1. The van der Waals surface area contributed by atoms with E-state index < -0.39 is 0 Å². The summed E-state index contributed by atoms with van der Waals surface area (Å²) in [6.45, 7) is 0. The first-order valence-corrected chi connectivity index (χ1v) is 12.6. The van der Waals surface area contributed by atoms with Gasteiger partial charge in [0.1, 0.15) is 0 Å². The number of rotatable bonds is 5. The van der Waals surface area contributed by atoms with Crippen molar-refractivity contribution in [3.05, 3.63) is 149 Å². The average molecular weight is 528 g/mol. The topological polar surface area (TPSA) is 29.6 Å². The molecule has 0 bridgehead atoms. The second-order valence-corrected chi connectivity index (χ2v) is 9.46. The number of hydrogen-bond donors (Lipinski definition) is 0. The zero-order valence-corrected chi connectivity index (χ0v) is 21.0. The number of halogens is 1. The normalized spacial score (nSPS) is 14.1. The van der Waals surface area contributed by atoms with Crippen LogP contribution in [0, 0.1) is 0 Å². The van der Waals surface area contributed by atoms with Gasteiger partial charge < -0.3 is 0 Å². The molecule has 4 heteroatoms. The van der Waals surface area contributed by atoms with E-state index in [0.717, 1.165) is 49.3 Å². The van der Waals surface area contributed by atoms with Gasteiger partial charge in [0.2, 0.25) is 0 Å². The Balaban J connectivity index is 1.52. The number of amidine groups is 1. The zero-order valence-electron chi connectivity index (χ0n) is 19.4. The van der Waals surface area contributed by atoms with Crippen LogP contribution in [-0.4, -0.2) is 16.2 Å². The molecule has 172 valence electrons. The molecule has 3 nitrogen and oxygen atoms in total. The molecule has 0 spiro atoms. The largest absolute Gasteiger partial charge is 0.238 e. The number of nitrogens with zero attached hydrogens (tertiary/aromatic N) is 3. The molecule has 5 aromatic rings. The van der Waals surface area contributed by atoms with E-state index in [0.29, 0.717) is 5.84 Å². The first-order valence-electron chi connectivity index (χ1n) is 11.8. The Morgan fingerprint density at radius 3 is 1.81 bits per heavy atom. The Hall–Kier alpha value is -4.28. The summed E-state index contributed by atoms with van der Waals surface area (Å²) in [6, 6.07) is 41.5. The van der Waals surface area contributed by atoms with Crippen LogP contribution in [0.4, 0.5) is 0 Å². The molecule has 1 aliphatic rings. The van der Waals surface area contributed by atoms with Gasteiger partial charge in [-0.25, -0.2) is 9.67 Å². The van der Waals surface area contributed by atoms with Gasteiger partial charge in [0.25, 0.3) is 0 Å². The van der Waals surface area contributed by atoms with Crippen LogP contribution >= 0.6 is 15.9 Å². The molecule has 2 heterocycles. The predicted molar refractivity (Wildman–Crippen MR) is 153 cm³/mol. The molecule has 0 fully saturated rings. The van der Waals surface area contributed by atoms with Crippen molar-refractivity contribution < 1.29 is 0 Å². The molecule has 0 aliphatic carbocycles. The fourth-order valence-corrected chi connectivity index (χ4v) is 4.60. The van der Waals surface area contributed by atoms with E-state index in [-0.39, 0.29) is 0 Å². The quantitative estimate of drug-likeness (QED) is 0.220. The first-order chi connectivity index (χ1) is 17.7. The summed E-state index contributed by atoms with van der Waals surface area (Å²) in [5.74, 6) is 0.684. The van der Waals surface area contributed by atoms with Crippen molar-refractivity contribution in [1.82, 2.24) is 4.68 Å². The summed E-state index contributed by atoms with van der Waals surface area (Å²) < 4.78 is 2.99. The van der Waals surface area contributed by atoms with Crippen molar-refractivity contribution in [2.45, 2.75) is 0 Å².